The molecular weight excluding hydrogens is 228 g/mol. The molecule has 0 aliphatic heterocycles. The highest BCUT2D eigenvalue weighted by molar-refractivity contribution is 5.20. The average molecular weight is 248 g/mol. The third kappa shape index (κ3) is 3.43. The number of unbranched alkanes of at least 4 members (excludes halogenated alkanes) is 1. The number of hydrogen-bond donors (Lipinski definition) is 1. The molecule has 1 N–H and O–H groups in total. The van der Waals surface area contributed by atoms with Crippen LogP contribution in [0.25, 0.3) is 0 Å². The maximum absolute atomic E-state index is 5.12. The molecule has 98 valence electrons. The highest BCUT2D eigenvalue weighted by Crippen LogP contribution is 2.11. The van der Waals surface area contributed by atoms with Crippen molar-refractivity contribution >= 4 is 0 Å². The molecule has 18 heavy (non-hydrogen) atoms. The van der Waals surface area contributed by atoms with E-state index in [1.807, 2.05) is 32.6 Å². The maximum Gasteiger partial charge on any atom is 0.138 e. The average Bonchev–Trinajstić information content (AvgIpc) is 2.97. The number of nitrogens with one attached hydrogen (secondary N) is 1. The molecule has 0 aliphatic carbocycles. The SMILES string of the molecule is Cc1noc(C)c1CNCCCCn1ccnc1. The van der Waals surface area contributed by atoms with E-state index in [1.165, 1.54) is 5.56 Å². The van der Waals surface area contributed by atoms with Crippen molar-refractivity contribution < 1.29 is 4.52 Å². The number of aromatic nitrogens is 3. The van der Waals surface area contributed by atoms with E-state index in [2.05, 4.69) is 20.0 Å². The molecule has 0 unspecified atom stereocenters. The Bertz CT molecular complexity index is 442. The van der Waals surface area contributed by atoms with E-state index in [0.29, 0.717) is 0 Å². The van der Waals surface area contributed by atoms with Gasteiger partial charge in [-0.05, 0) is 33.2 Å². The molecule has 0 saturated carbocycles. The van der Waals surface area contributed by atoms with E-state index in [1.54, 1.807) is 0 Å². The largest absolute Gasteiger partial charge is 0.361 e. The minimum atomic E-state index is 0.840. The summed E-state index contributed by atoms with van der Waals surface area (Å²) < 4.78 is 7.23. The Hall–Kier alpha value is -1.62. The van der Waals surface area contributed by atoms with Crippen LogP contribution in [0.2, 0.25) is 0 Å². The van der Waals surface area contributed by atoms with Crippen LogP contribution in [0.15, 0.2) is 23.2 Å². The summed E-state index contributed by atoms with van der Waals surface area (Å²) >= 11 is 0. The second kappa shape index (κ2) is 6.35. The molecule has 0 aromatic carbocycles. The summed E-state index contributed by atoms with van der Waals surface area (Å²) in [6.07, 6.45) is 7.98. The Balaban J connectivity index is 1.59. The summed E-state index contributed by atoms with van der Waals surface area (Å²) in [4.78, 5) is 4.02. The monoisotopic (exact) mass is 248 g/mol. The molecule has 0 fully saturated rings. The van der Waals surface area contributed by atoms with Crippen molar-refractivity contribution in [3.63, 3.8) is 0 Å². The summed E-state index contributed by atoms with van der Waals surface area (Å²) in [6, 6.07) is 0. The van der Waals surface area contributed by atoms with Gasteiger partial charge in [0, 0.05) is 31.0 Å². The second-order valence-corrected chi connectivity index (χ2v) is 4.49. The fraction of sp³-hybridized carbons (Fsp3) is 0.538. The van der Waals surface area contributed by atoms with Gasteiger partial charge in [0.2, 0.25) is 0 Å². The molecule has 2 aromatic rings. The maximum atomic E-state index is 5.12. The number of nitrogens with zero attached hydrogens (tertiary/aromatic N) is 3. The Morgan fingerprint density at radius 2 is 2.22 bits per heavy atom. The lowest BCUT2D eigenvalue weighted by Gasteiger charge is -2.05. The number of hydrogen-bond acceptors (Lipinski definition) is 4. The third-order valence-corrected chi connectivity index (χ3v) is 3.06. The molecule has 5 heteroatoms. The minimum absolute atomic E-state index is 0.840. The van der Waals surface area contributed by atoms with Crippen molar-refractivity contribution in [2.24, 2.45) is 0 Å². The van der Waals surface area contributed by atoms with Gasteiger partial charge in [-0.15, -0.1) is 0 Å². The van der Waals surface area contributed by atoms with Crippen molar-refractivity contribution in [1.29, 1.82) is 0 Å². The predicted molar refractivity (Wildman–Crippen MR) is 69.1 cm³/mol. The van der Waals surface area contributed by atoms with E-state index in [-0.39, 0.29) is 0 Å². The van der Waals surface area contributed by atoms with E-state index in [4.69, 9.17) is 4.52 Å². The van der Waals surface area contributed by atoms with Crippen molar-refractivity contribution in [2.45, 2.75) is 39.8 Å². The Labute approximate surface area is 107 Å². The van der Waals surface area contributed by atoms with Gasteiger partial charge < -0.3 is 14.4 Å². The molecule has 2 aromatic heterocycles. The van der Waals surface area contributed by atoms with Gasteiger partial charge in [0.15, 0.2) is 0 Å². The van der Waals surface area contributed by atoms with Gasteiger partial charge in [-0.1, -0.05) is 5.16 Å². The van der Waals surface area contributed by atoms with Crippen LogP contribution in [0.4, 0.5) is 0 Å². The van der Waals surface area contributed by atoms with Crippen LogP contribution in [-0.4, -0.2) is 21.3 Å². The molecule has 0 amide bonds. The quantitative estimate of drug-likeness (QED) is 0.762. The molecule has 5 nitrogen and oxygen atoms in total. The first-order valence-electron chi connectivity index (χ1n) is 6.35. The summed E-state index contributed by atoms with van der Waals surface area (Å²) in [7, 11) is 0. The van der Waals surface area contributed by atoms with Gasteiger partial charge in [0.05, 0.1) is 12.0 Å². The molecule has 0 atom stereocenters. The molecular formula is C13H20N4O. The molecule has 2 rings (SSSR count). The van der Waals surface area contributed by atoms with Crippen LogP contribution >= 0.6 is 0 Å². The first-order valence-corrected chi connectivity index (χ1v) is 6.35. The number of aryl methyl sites for hydroxylation is 3. The minimum Gasteiger partial charge on any atom is -0.361 e. The zero-order chi connectivity index (χ0) is 12.8. The zero-order valence-electron chi connectivity index (χ0n) is 11.0. The van der Waals surface area contributed by atoms with Gasteiger partial charge in [-0.2, -0.15) is 0 Å². The zero-order valence-corrected chi connectivity index (χ0v) is 11.0. The Morgan fingerprint density at radius 1 is 1.33 bits per heavy atom. The smallest absolute Gasteiger partial charge is 0.138 e. The van der Waals surface area contributed by atoms with Crippen molar-refractivity contribution in [3.05, 3.63) is 35.7 Å². The fourth-order valence-electron chi connectivity index (χ4n) is 1.93. The summed E-state index contributed by atoms with van der Waals surface area (Å²) in [6.45, 7) is 6.82. The summed E-state index contributed by atoms with van der Waals surface area (Å²) in [5.41, 5.74) is 2.17. The van der Waals surface area contributed by atoms with Crippen molar-refractivity contribution in [3.8, 4) is 0 Å². The van der Waals surface area contributed by atoms with Crippen molar-refractivity contribution in [2.75, 3.05) is 6.54 Å². The number of imidazole rings is 1. The van der Waals surface area contributed by atoms with E-state index >= 15 is 0 Å². The van der Waals surface area contributed by atoms with Crippen molar-refractivity contribution in [1.82, 2.24) is 20.0 Å². The van der Waals surface area contributed by atoms with E-state index in [0.717, 1.165) is 43.9 Å². The molecule has 0 bridgehead atoms. The fourth-order valence-corrected chi connectivity index (χ4v) is 1.93. The molecule has 0 saturated heterocycles. The highest BCUT2D eigenvalue weighted by atomic mass is 16.5. The molecule has 0 aliphatic rings. The van der Waals surface area contributed by atoms with Crippen LogP contribution < -0.4 is 5.32 Å². The topological polar surface area (TPSA) is 55.9 Å². The normalized spacial score (nSPS) is 11.0. The van der Waals surface area contributed by atoms with Gasteiger partial charge in [0.1, 0.15) is 5.76 Å². The third-order valence-electron chi connectivity index (χ3n) is 3.06. The van der Waals surface area contributed by atoms with Gasteiger partial charge in [-0.25, -0.2) is 4.98 Å². The predicted octanol–water partition coefficient (Wildman–Crippen LogP) is 2.06. The van der Waals surface area contributed by atoms with E-state index < -0.39 is 0 Å². The van der Waals surface area contributed by atoms with Crippen LogP contribution in [0, 0.1) is 13.8 Å². The Kier molecular flexibility index (Phi) is 4.52. The lowest BCUT2D eigenvalue weighted by atomic mass is 10.2. The lowest BCUT2D eigenvalue weighted by molar-refractivity contribution is 0.391. The van der Waals surface area contributed by atoms with Crippen LogP contribution in [-0.2, 0) is 13.1 Å². The summed E-state index contributed by atoms with van der Waals surface area (Å²) in [5, 5.41) is 7.36. The lowest BCUT2D eigenvalue weighted by Crippen LogP contribution is -2.16. The molecule has 0 radical (unpaired) electrons. The second-order valence-electron chi connectivity index (χ2n) is 4.49. The molecule has 0 spiro atoms. The highest BCUT2D eigenvalue weighted by Gasteiger charge is 2.07. The summed E-state index contributed by atoms with van der Waals surface area (Å²) in [5.74, 6) is 0.915. The van der Waals surface area contributed by atoms with Crippen LogP contribution in [0.1, 0.15) is 29.9 Å². The van der Waals surface area contributed by atoms with Gasteiger partial charge in [0.25, 0.3) is 0 Å². The number of rotatable bonds is 7. The Morgan fingerprint density at radius 3 is 2.89 bits per heavy atom. The van der Waals surface area contributed by atoms with Gasteiger partial charge in [-0.3, -0.25) is 0 Å². The van der Waals surface area contributed by atoms with Gasteiger partial charge >= 0.3 is 0 Å². The first-order chi connectivity index (χ1) is 8.77. The first kappa shape index (κ1) is 12.8. The van der Waals surface area contributed by atoms with Crippen LogP contribution in [0.3, 0.4) is 0 Å². The van der Waals surface area contributed by atoms with Crippen LogP contribution in [0.5, 0.6) is 0 Å². The standard InChI is InChI=1S/C13H20N4O/c1-11-13(12(2)18-16-11)9-14-5-3-4-7-17-8-6-15-10-17/h6,8,10,14H,3-5,7,9H2,1-2H3. The van der Waals surface area contributed by atoms with E-state index in [9.17, 15) is 0 Å². The molecule has 2 heterocycles.